The van der Waals surface area contributed by atoms with Gasteiger partial charge in [0.1, 0.15) is 36.5 Å². The summed E-state index contributed by atoms with van der Waals surface area (Å²) in [6, 6.07) is 9.22. The second-order valence-electron chi connectivity index (χ2n) is 12.8. The highest BCUT2D eigenvalue weighted by atomic mass is 19.3. The van der Waals surface area contributed by atoms with E-state index in [-0.39, 0.29) is 31.2 Å². The summed E-state index contributed by atoms with van der Waals surface area (Å²) in [5.41, 5.74) is 2.38. The van der Waals surface area contributed by atoms with Gasteiger partial charge in [0.15, 0.2) is 0 Å². The number of morpholine rings is 1. The van der Waals surface area contributed by atoms with Crippen molar-refractivity contribution in [3.05, 3.63) is 48.7 Å². The van der Waals surface area contributed by atoms with Crippen molar-refractivity contribution in [1.82, 2.24) is 44.9 Å². The molecule has 3 fully saturated rings. The summed E-state index contributed by atoms with van der Waals surface area (Å²) in [5, 5.41) is 28.7. The van der Waals surface area contributed by atoms with Gasteiger partial charge in [0, 0.05) is 36.1 Å². The van der Waals surface area contributed by atoms with Crippen molar-refractivity contribution in [2.24, 2.45) is 0 Å². The summed E-state index contributed by atoms with van der Waals surface area (Å²) in [4.78, 5) is 11.7. The molecule has 0 radical (unpaired) electrons. The van der Waals surface area contributed by atoms with Crippen molar-refractivity contribution >= 4 is 11.6 Å². The van der Waals surface area contributed by atoms with E-state index < -0.39 is 6.61 Å². The Morgan fingerprint density at radius 2 is 1.74 bits per heavy atom. The Labute approximate surface area is 287 Å². The molecule has 1 aliphatic carbocycles. The van der Waals surface area contributed by atoms with E-state index in [2.05, 4.69) is 46.5 Å². The van der Waals surface area contributed by atoms with E-state index in [1.54, 1.807) is 35.3 Å². The van der Waals surface area contributed by atoms with E-state index in [4.69, 9.17) is 19.3 Å². The fraction of sp³-hybridized carbons (Fsp3) is 0.545. The first-order valence-electron chi connectivity index (χ1n) is 16.9. The van der Waals surface area contributed by atoms with Gasteiger partial charge in [-0.2, -0.15) is 14.0 Å². The van der Waals surface area contributed by atoms with Crippen LogP contribution in [0.3, 0.4) is 0 Å². The second kappa shape index (κ2) is 15.4. The molecule has 5 heterocycles. The van der Waals surface area contributed by atoms with E-state index in [9.17, 15) is 14.0 Å². The van der Waals surface area contributed by atoms with Gasteiger partial charge >= 0.3 is 6.61 Å². The number of tetrazole rings is 1. The molecule has 50 heavy (non-hydrogen) atoms. The van der Waals surface area contributed by atoms with Crippen molar-refractivity contribution in [3.8, 4) is 28.8 Å². The van der Waals surface area contributed by atoms with Crippen molar-refractivity contribution in [2.45, 2.75) is 88.9 Å². The summed E-state index contributed by atoms with van der Waals surface area (Å²) in [6.07, 6.45) is 12.9. The monoisotopic (exact) mass is 691 g/mol. The third-order valence-electron chi connectivity index (χ3n) is 9.52. The van der Waals surface area contributed by atoms with Crippen molar-refractivity contribution < 1.29 is 27.7 Å². The summed E-state index contributed by atoms with van der Waals surface area (Å²) in [6.45, 7) is 0.672. The number of ether oxygens (including phenoxy) is 4. The molecule has 2 aliphatic heterocycles. The third-order valence-corrected chi connectivity index (χ3v) is 9.52. The third kappa shape index (κ3) is 7.82. The first-order valence-corrected chi connectivity index (χ1v) is 16.9. The Kier molecular flexibility index (Phi) is 10.4. The average Bonchev–Trinajstić information content (AvgIpc) is 3.84. The fourth-order valence-electron chi connectivity index (χ4n) is 7.24. The Bertz CT molecular complexity index is 1730. The minimum Gasteiger partial charge on any atom is -0.487 e. The van der Waals surface area contributed by atoms with Crippen LogP contribution < -0.4 is 14.8 Å². The predicted octanol–water partition coefficient (Wildman–Crippen LogP) is 4.37. The van der Waals surface area contributed by atoms with Gasteiger partial charge in [0.05, 0.1) is 44.2 Å². The highest BCUT2D eigenvalue weighted by molar-refractivity contribution is 5.67. The topological polar surface area (TPSA) is 163 Å². The van der Waals surface area contributed by atoms with Gasteiger partial charge in [-0.25, -0.2) is 14.6 Å². The number of fused-ring (bicyclic) bond motifs is 2. The summed E-state index contributed by atoms with van der Waals surface area (Å²) < 4.78 is 50.6. The van der Waals surface area contributed by atoms with Gasteiger partial charge < -0.3 is 24.3 Å². The number of hydrogen-bond donors (Lipinski definition) is 1. The molecule has 1 unspecified atom stereocenters. The van der Waals surface area contributed by atoms with Crippen molar-refractivity contribution in [1.29, 1.82) is 5.26 Å². The molecule has 0 spiro atoms. The summed E-state index contributed by atoms with van der Waals surface area (Å²) in [5.74, 6) is 0.978. The van der Waals surface area contributed by atoms with Crippen LogP contribution in [0.15, 0.2) is 43.1 Å². The zero-order valence-electron chi connectivity index (χ0n) is 27.6. The molecule has 1 N–H and O–H groups in total. The lowest BCUT2D eigenvalue weighted by atomic mass is 9.89. The van der Waals surface area contributed by atoms with E-state index in [0.29, 0.717) is 53.2 Å². The second-order valence-corrected chi connectivity index (χ2v) is 12.8. The first-order chi connectivity index (χ1) is 24.4. The van der Waals surface area contributed by atoms with Crippen LogP contribution in [0.25, 0.3) is 11.1 Å². The number of nitrogens with zero attached hydrogens (tertiary/aromatic N) is 10. The highest BCUT2D eigenvalue weighted by Crippen LogP contribution is 2.39. The molecule has 2 bridgehead atoms. The first kappa shape index (κ1) is 33.7. The number of rotatable bonds is 14. The molecule has 15 nitrogen and oxygen atoms in total. The Morgan fingerprint density at radius 1 is 1.00 bits per heavy atom. The predicted molar refractivity (Wildman–Crippen MR) is 174 cm³/mol. The number of hydrogen-bond acceptors (Lipinski definition) is 13. The van der Waals surface area contributed by atoms with Crippen LogP contribution in [-0.4, -0.2) is 102 Å². The molecule has 264 valence electrons. The molecule has 4 aromatic rings. The molecular formula is C33H39F2N11O4. The lowest BCUT2D eigenvalue weighted by Crippen LogP contribution is -2.52. The lowest BCUT2D eigenvalue weighted by molar-refractivity contribution is -0.133. The van der Waals surface area contributed by atoms with E-state index in [0.717, 1.165) is 44.5 Å². The molecule has 3 atom stereocenters. The fourth-order valence-corrected chi connectivity index (χ4v) is 7.24. The molecule has 2 saturated heterocycles. The number of nitrogens with one attached hydrogen (secondary N) is 1. The molecule has 3 aromatic heterocycles. The lowest BCUT2D eigenvalue weighted by Gasteiger charge is -2.43. The zero-order valence-corrected chi connectivity index (χ0v) is 27.6. The van der Waals surface area contributed by atoms with Gasteiger partial charge in [-0.05, 0) is 73.6 Å². The van der Waals surface area contributed by atoms with Crippen LogP contribution in [0.2, 0.25) is 0 Å². The maximum absolute atomic E-state index is 12.6. The van der Waals surface area contributed by atoms with Gasteiger partial charge in [0.25, 0.3) is 5.88 Å². The molecule has 7 rings (SSSR count). The molecule has 1 aromatic carbocycles. The van der Waals surface area contributed by atoms with Crippen LogP contribution in [0.1, 0.15) is 57.1 Å². The van der Waals surface area contributed by atoms with Gasteiger partial charge in [-0.3, -0.25) is 9.58 Å². The molecule has 1 saturated carbocycles. The normalized spacial score (nSPS) is 22.7. The van der Waals surface area contributed by atoms with Gasteiger partial charge in [-0.15, -0.1) is 10.2 Å². The number of aromatic nitrogens is 8. The largest absolute Gasteiger partial charge is 0.487 e. The Hall–Kier alpha value is -4.79. The molecule has 17 heteroatoms. The van der Waals surface area contributed by atoms with E-state index in [1.807, 2.05) is 17.8 Å². The average molecular weight is 692 g/mol. The maximum Gasteiger partial charge on any atom is 0.345 e. The smallest absolute Gasteiger partial charge is 0.345 e. The quantitative estimate of drug-likeness (QED) is 0.186. The van der Waals surface area contributed by atoms with Crippen molar-refractivity contribution in [2.75, 3.05) is 31.7 Å². The maximum atomic E-state index is 12.6. The molecule has 3 aliphatic rings. The Morgan fingerprint density at radius 3 is 2.44 bits per heavy atom. The van der Waals surface area contributed by atoms with Crippen LogP contribution in [0.4, 0.5) is 20.4 Å². The van der Waals surface area contributed by atoms with Crippen LogP contribution in [0, 0.1) is 11.3 Å². The number of anilines is 2. The van der Waals surface area contributed by atoms with Crippen LogP contribution >= 0.6 is 0 Å². The van der Waals surface area contributed by atoms with Gasteiger partial charge in [-0.1, -0.05) is 6.07 Å². The van der Waals surface area contributed by atoms with E-state index in [1.165, 1.54) is 19.2 Å². The number of benzene rings is 1. The number of halogens is 2. The molecule has 0 amide bonds. The van der Waals surface area contributed by atoms with Crippen molar-refractivity contribution in [3.63, 3.8) is 0 Å². The number of nitriles is 1. The number of alkyl halides is 2. The summed E-state index contributed by atoms with van der Waals surface area (Å²) >= 11 is 0. The van der Waals surface area contributed by atoms with E-state index >= 15 is 0 Å². The van der Waals surface area contributed by atoms with Crippen LogP contribution in [-0.2, 0) is 16.0 Å². The standard InChI is InChI=1S/C33H39F2N11O4/c1-21(16-44-20-39-42-43-44)50-30-12-22(2-3-23(30)13-36)24-14-37-33(38-15-24)40-29-17-45(41-31(29)48-10-11-49-32(34)35)25-4-6-26(7-5-25)46-27-8-9-28(46)19-47-18-27/h2-3,12,14-15,17,20-21,25-28,32H,4-11,16,18-19H2,1H3,(H,37,38,40)/t21?,25?,26?,27-,28+. The minimum atomic E-state index is -2.88. The van der Waals surface area contributed by atoms with Gasteiger partial charge in [0.2, 0.25) is 5.95 Å². The Balaban J connectivity index is 1.03. The highest BCUT2D eigenvalue weighted by Gasteiger charge is 2.42. The van der Waals surface area contributed by atoms with Crippen LogP contribution in [0.5, 0.6) is 11.6 Å². The molecular weight excluding hydrogens is 652 g/mol. The summed E-state index contributed by atoms with van der Waals surface area (Å²) in [7, 11) is 0. The SMILES string of the molecule is CC(Cn1cnnn1)Oc1cc(-c2cnc(Nc3cn(C4CCC(N5[C@@H]6CC[C@H]5COC6)CC4)nc3OCCOC(F)F)nc2)ccc1C#N. The zero-order chi connectivity index (χ0) is 34.5. The minimum absolute atomic E-state index is 0.0974.